The number of alkyl halides is 3. The van der Waals surface area contributed by atoms with E-state index in [1.165, 1.54) is 0 Å². The maximum absolute atomic E-state index is 11.2. The maximum atomic E-state index is 11.2. The van der Waals surface area contributed by atoms with Crippen LogP contribution in [0.2, 0.25) is 0 Å². The molecule has 0 rings (SSSR count). The Hall–Kier alpha value is 0.760. The van der Waals surface area contributed by atoms with Gasteiger partial charge in [-0.3, -0.25) is 4.57 Å². The van der Waals surface area contributed by atoms with Gasteiger partial charge in [0.15, 0.2) is 0 Å². The van der Waals surface area contributed by atoms with E-state index in [1.54, 1.807) is 6.08 Å². The van der Waals surface area contributed by atoms with Gasteiger partial charge in [0.2, 0.25) is 0 Å². The van der Waals surface area contributed by atoms with Crippen LogP contribution in [0.4, 0.5) is 0 Å². The molecule has 7 heteroatoms. The Morgan fingerprint density at radius 1 is 1.57 bits per heavy atom. The lowest BCUT2D eigenvalue weighted by Gasteiger charge is -2.21. The van der Waals surface area contributed by atoms with Crippen molar-refractivity contribution in [2.45, 2.75) is 17.9 Å². The Morgan fingerprint density at radius 2 is 2.14 bits per heavy atom. The first-order valence-electron chi connectivity index (χ1n) is 3.84. The minimum atomic E-state index is -3.75. The minimum Gasteiger partial charge on any atom is -0.323 e. The van der Waals surface area contributed by atoms with E-state index < -0.39 is 24.7 Å². The van der Waals surface area contributed by atoms with E-state index in [2.05, 4.69) is 6.58 Å². The topological polar surface area (TPSA) is 46.5 Å². The molecule has 0 bridgehead atoms. The van der Waals surface area contributed by atoms with Crippen molar-refractivity contribution in [3.05, 3.63) is 12.7 Å². The maximum Gasteiger partial charge on any atom is 0.343 e. The molecule has 1 N–H and O–H groups in total. The predicted octanol–water partition coefficient (Wildman–Crippen LogP) is 3.18. The van der Waals surface area contributed by atoms with Crippen molar-refractivity contribution in [3.63, 3.8) is 0 Å². The van der Waals surface area contributed by atoms with Crippen LogP contribution in [-0.4, -0.2) is 27.9 Å². The van der Waals surface area contributed by atoms with Gasteiger partial charge in [-0.25, -0.2) is 0 Å². The van der Waals surface area contributed by atoms with Gasteiger partial charge in [-0.15, -0.1) is 41.4 Å². The van der Waals surface area contributed by atoms with E-state index in [1.807, 2.05) is 0 Å². The van der Waals surface area contributed by atoms with E-state index >= 15 is 0 Å². The standard InChI is InChI=1S/C7H12Cl3O3P/c1-2-3-7(6(10)4-8)13-14(11,12)5-9/h2,6-7H,1,3-5H2,(H,11,12). The molecule has 0 aliphatic heterocycles. The summed E-state index contributed by atoms with van der Waals surface area (Å²) in [7, 11) is -3.75. The predicted molar refractivity (Wildman–Crippen MR) is 60.6 cm³/mol. The molecule has 0 aliphatic rings. The van der Waals surface area contributed by atoms with Crippen molar-refractivity contribution >= 4 is 42.4 Å². The van der Waals surface area contributed by atoms with Crippen molar-refractivity contribution in [2.75, 3.05) is 11.5 Å². The summed E-state index contributed by atoms with van der Waals surface area (Å²) in [6, 6.07) is 0. The Labute approximate surface area is 98.5 Å². The Kier molecular flexibility index (Phi) is 7.49. The van der Waals surface area contributed by atoms with Crippen molar-refractivity contribution in [1.82, 2.24) is 0 Å². The second-order valence-electron chi connectivity index (χ2n) is 2.60. The van der Waals surface area contributed by atoms with Gasteiger partial charge in [0, 0.05) is 5.88 Å². The molecule has 3 nitrogen and oxygen atoms in total. The van der Waals surface area contributed by atoms with Gasteiger partial charge in [-0.1, -0.05) is 6.08 Å². The lowest BCUT2D eigenvalue weighted by molar-refractivity contribution is 0.178. The van der Waals surface area contributed by atoms with E-state index in [4.69, 9.17) is 44.2 Å². The van der Waals surface area contributed by atoms with Gasteiger partial charge in [0.25, 0.3) is 0 Å². The second-order valence-corrected chi connectivity index (χ2v) is 5.91. The second kappa shape index (κ2) is 7.10. The average Bonchev–Trinajstić information content (AvgIpc) is 2.16. The van der Waals surface area contributed by atoms with Gasteiger partial charge >= 0.3 is 7.60 Å². The molecular weight excluding hydrogens is 269 g/mol. The van der Waals surface area contributed by atoms with Crippen molar-refractivity contribution in [1.29, 1.82) is 0 Å². The minimum absolute atomic E-state index is 0.127. The number of hydrogen-bond donors (Lipinski definition) is 1. The number of hydrogen-bond acceptors (Lipinski definition) is 2. The summed E-state index contributed by atoms with van der Waals surface area (Å²) in [5.74, 6) is 0.127. The van der Waals surface area contributed by atoms with Crippen molar-refractivity contribution in [3.8, 4) is 0 Å². The van der Waals surface area contributed by atoms with E-state index in [9.17, 15) is 4.57 Å². The summed E-state index contributed by atoms with van der Waals surface area (Å²) in [6.07, 6.45) is 1.25. The molecule has 0 radical (unpaired) electrons. The van der Waals surface area contributed by atoms with Crippen LogP contribution in [0.25, 0.3) is 0 Å². The van der Waals surface area contributed by atoms with Crippen LogP contribution in [0.5, 0.6) is 0 Å². The van der Waals surface area contributed by atoms with Gasteiger partial charge in [0.1, 0.15) is 5.62 Å². The van der Waals surface area contributed by atoms with Crippen LogP contribution in [0.15, 0.2) is 12.7 Å². The summed E-state index contributed by atoms with van der Waals surface area (Å²) in [6.45, 7) is 3.49. The molecule has 0 aromatic heterocycles. The smallest absolute Gasteiger partial charge is 0.323 e. The molecule has 0 amide bonds. The van der Waals surface area contributed by atoms with Crippen LogP contribution in [0.1, 0.15) is 6.42 Å². The molecule has 3 unspecified atom stereocenters. The largest absolute Gasteiger partial charge is 0.343 e. The van der Waals surface area contributed by atoms with Gasteiger partial charge in [-0.05, 0) is 6.42 Å². The Balaban J connectivity index is 4.36. The zero-order chi connectivity index (χ0) is 11.2. The zero-order valence-corrected chi connectivity index (χ0v) is 10.6. The fraction of sp³-hybridized carbons (Fsp3) is 0.714. The summed E-state index contributed by atoms with van der Waals surface area (Å²) >= 11 is 16.5. The number of halogens is 3. The third kappa shape index (κ3) is 5.59. The third-order valence-corrected chi connectivity index (χ3v) is 4.14. The summed E-state index contributed by atoms with van der Waals surface area (Å²) in [5.41, 5.74) is -0.466. The lowest BCUT2D eigenvalue weighted by atomic mass is 10.2. The zero-order valence-electron chi connectivity index (χ0n) is 7.41. The summed E-state index contributed by atoms with van der Waals surface area (Å²) in [5, 5.41) is -0.543. The van der Waals surface area contributed by atoms with Crippen molar-refractivity contribution in [2.24, 2.45) is 0 Å². The molecule has 0 aromatic carbocycles. The monoisotopic (exact) mass is 280 g/mol. The van der Waals surface area contributed by atoms with Crippen LogP contribution in [-0.2, 0) is 9.09 Å². The Morgan fingerprint density at radius 3 is 2.50 bits per heavy atom. The first-order valence-corrected chi connectivity index (χ1v) is 7.10. The molecule has 0 aromatic rings. The SMILES string of the molecule is C=CCC(OP(=O)(O)CCl)C(Cl)CCl. The molecule has 0 saturated heterocycles. The molecule has 0 saturated carbocycles. The highest BCUT2D eigenvalue weighted by Gasteiger charge is 2.27. The van der Waals surface area contributed by atoms with E-state index in [0.717, 1.165) is 0 Å². The normalized spacial score (nSPS) is 19.7. The third-order valence-electron chi connectivity index (χ3n) is 1.40. The molecule has 0 spiro atoms. The molecule has 0 fully saturated rings. The highest BCUT2D eigenvalue weighted by atomic mass is 35.5. The fourth-order valence-corrected chi connectivity index (χ4v) is 2.07. The molecule has 84 valence electrons. The van der Waals surface area contributed by atoms with E-state index in [0.29, 0.717) is 6.42 Å². The lowest BCUT2D eigenvalue weighted by Crippen LogP contribution is -2.24. The van der Waals surface area contributed by atoms with Crippen LogP contribution in [0, 0.1) is 0 Å². The Bertz CT molecular complexity index is 224. The van der Waals surface area contributed by atoms with Crippen LogP contribution >= 0.6 is 42.4 Å². The highest BCUT2D eigenvalue weighted by molar-refractivity contribution is 7.54. The summed E-state index contributed by atoms with van der Waals surface area (Å²) < 4.78 is 16.0. The molecule has 0 heterocycles. The first-order chi connectivity index (χ1) is 6.46. The first kappa shape index (κ1) is 14.8. The fourth-order valence-electron chi connectivity index (χ4n) is 0.760. The molecule has 14 heavy (non-hydrogen) atoms. The molecule has 3 atom stereocenters. The molecule has 0 aliphatic carbocycles. The van der Waals surface area contributed by atoms with Crippen LogP contribution in [0.3, 0.4) is 0 Å². The summed E-state index contributed by atoms with van der Waals surface area (Å²) in [4.78, 5) is 9.13. The van der Waals surface area contributed by atoms with Crippen molar-refractivity contribution < 1.29 is 14.0 Å². The molecular formula is C7H12Cl3O3P. The van der Waals surface area contributed by atoms with Gasteiger partial charge in [0.05, 0.1) is 11.5 Å². The van der Waals surface area contributed by atoms with Gasteiger partial charge < -0.3 is 9.42 Å². The highest BCUT2D eigenvalue weighted by Crippen LogP contribution is 2.45. The quantitative estimate of drug-likeness (QED) is 0.443. The average molecular weight is 282 g/mol. The van der Waals surface area contributed by atoms with Gasteiger partial charge in [-0.2, -0.15) is 0 Å². The number of rotatable bonds is 7. The van der Waals surface area contributed by atoms with Crippen LogP contribution < -0.4 is 0 Å². The van der Waals surface area contributed by atoms with E-state index in [-0.39, 0.29) is 5.88 Å².